The quantitative estimate of drug-likeness (QED) is 0.682. The average molecular weight is 204 g/mol. The first kappa shape index (κ1) is 11.9. The molecule has 0 aromatic heterocycles. The minimum atomic E-state index is -0.0684. The lowest BCUT2D eigenvalue weighted by Crippen LogP contribution is -2.57. The van der Waals surface area contributed by atoms with Crippen molar-refractivity contribution < 1.29 is 18.9 Å². The number of ether oxygens (including phenoxy) is 4. The highest BCUT2D eigenvalue weighted by atomic mass is 16.6. The van der Waals surface area contributed by atoms with Crippen LogP contribution in [0.2, 0.25) is 0 Å². The minimum absolute atomic E-state index is 0.0337. The molecule has 0 amide bonds. The van der Waals surface area contributed by atoms with Gasteiger partial charge in [-0.1, -0.05) is 0 Å². The second-order valence-corrected chi connectivity index (χ2v) is 3.65. The summed E-state index contributed by atoms with van der Waals surface area (Å²) in [6.07, 6.45) is -0.135. The lowest BCUT2D eigenvalue weighted by atomic mass is 9.96. The van der Waals surface area contributed by atoms with Crippen molar-refractivity contribution in [2.75, 3.05) is 21.3 Å². The van der Waals surface area contributed by atoms with E-state index in [-0.39, 0.29) is 30.5 Å². The summed E-state index contributed by atoms with van der Waals surface area (Å²) in [7, 11) is 5.01. The van der Waals surface area contributed by atoms with Crippen LogP contribution >= 0.6 is 0 Å². The summed E-state index contributed by atoms with van der Waals surface area (Å²) >= 11 is 0. The smallest absolute Gasteiger partial charge is 0.114 e. The van der Waals surface area contributed by atoms with Crippen molar-refractivity contribution in [1.82, 2.24) is 0 Å². The van der Waals surface area contributed by atoms with Gasteiger partial charge < -0.3 is 18.9 Å². The zero-order chi connectivity index (χ0) is 10.7. The van der Waals surface area contributed by atoms with E-state index in [0.717, 1.165) is 0 Å². The predicted octanol–water partition coefficient (Wildman–Crippen LogP) is 0.839. The lowest BCUT2D eigenvalue weighted by Gasteiger charge is -2.42. The van der Waals surface area contributed by atoms with Crippen molar-refractivity contribution in [3.8, 4) is 0 Å². The molecule has 1 aliphatic rings. The topological polar surface area (TPSA) is 36.9 Å². The Hall–Kier alpha value is -0.160. The van der Waals surface area contributed by atoms with Gasteiger partial charge in [-0.2, -0.15) is 0 Å². The molecule has 14 heavy (non-hydrogen) atoms. The summed E-state index contributed by atoms with van der Waals surface area (Å²) in [4.78, 5) is 0. The van der Waals surface area contributed by atoms with E-state index < -0.39 is 0 Å². The second-order valence-electron chi connectivity index (χ2n) is 3.65. The molecule has 1 aliphatic heterocycles. The van der Waals surface area contributed by atoms with Crippen LogP contribution in [0.25, 0.3) is 0 Å². The third-order valence-corrected chi connectivity index (χ3v) is 2.82. The molecular weight excluding hydrogens is 184 g/mol. The monoisotopic (exact) mass is 204 g/mol. The fourth-order valence-electron chi connectivity index (χ4n) is 2.13. The molecule has 4 unspecified atom stereocenters. The Labute approximate surface area is 85.5 Å². The zero-order valence-corrected chi connectivity index (χ0v) is 9.52. The normalized spacial score (nSPS) is 43.9. The van der Waals surface area contributed by atoms with Gasteiger partial charge in [-0.3, -0.25) is 0 Å². The molecule has 0 aliphatic carbocycles. The van der Waals surface area contributed by atoms with Gasteiger partial charge >= 0.3 is 0 Å². The molecular formula is C10H20O4. The number of methoxy groups -OCH3 is 3. The van der Waals surface area contributed by atoms with E-state index in [1.807, 2.05) is 13.8 Å². The van der Waals surface area contributed by atoms with E-state index >= 15 is 0 Å². The Morgan fingerprint density at radius 3 is 1.36 bits per heavy atom. The molecule has 4 heteroatoms. The summed E-state index contributed by atoms with van der Waals surface area (Å²) in [6, 6.07) is 0. The molecule has 0 saturated carbocycles. The molecule has 0 aromatic carbocycles. The maximum atomic E-state index is 5.70. The molecule has 0 N–H and O–H groups in total. The minimum Gasteiger partial charge on any atom is -0.376 e. The molecule has 0 radical (unpaired) electrons. The number of hydrogen-bond acceptors (Lipinski definition) is 4. The van der Waals surface area contributed by atoms with Crippen LogP contribution in [0.5, 0.6) is 0 Å². The molecule has 4 nitrogen and oxygen atoms in total. The Morgan fingerprint density at radius 1 is 0.714 bits per heavy atom. The zero-order valence-electron chi connectivity index (χ0n) is 9.52. The van der Waals surface area contributed by atoms with Gasteiger partial charge in [-0.15, -0.1) is 0 Å². The van der Waals surface area contributed by atoms with Gasteiger partial charge in [0.15, 0.2) is 0 Å². The maximum absolute atomic E-state index is 5.70. The van der Waals surface area contributed by atoms with Crippen LogP contribution < -0.4 is 0 Å². The third kappa shape index (κ3) is 2.08. The largest absolute Gasteiger partial charge is 0.376 e. The van der Waals surface area contributed by atoms with Crippen molar-refractivity contribution >= 4 is 0 Å². The molecule has 1 fully saturated rings. The first-order chi connectivity index (χ1) is 6.65. The van der Waals surface area contributed by atoms with Crippen molar-refractivity contribution in [3.63, 3.8) is 0 Å². The molecule has 5 atom stereocenters. The van der Waals surface area contributed by atoms with E-state index in [2.05, 4.69) is 0 Å². The Balaban J connectivity index is 2.76. The van der Waals surface area contributed by atoms with Gasteiger partial charge in [-0.05, 0) is 13.8 Å². The fraction of sp³-hybridized carbons (Fsp3) is 1.00. The molecule has 1 heterocycles. The van der Waals surface area contributed by atoms with Gasteiger partial charge in [0.1, 0.15) is 18.3 Å². The van der Waals surface area contributed by atoms with Gasteiger partial charge in [0.05, 0.1) is 12.2 Å². The first-order valence-electron chi connectivity index (χ1n) is 4.89. The SMILES string of the molecule is COC1C(C)OC(C)[C@H](OC)C1OC. The second kappa shape index (κ2) is 5.07. The summed E-state index contributed by atoms with van der Waals surface area (Å²) in [6.45, 7) is 3.98. The van der Waals surface area contributed by atoms with Gasteiger partial charge in [0.25, 0.3) is 0 Å². The van der Waals surface area contributed by atoms with Gasteiger partial charge in [0, 0.05) is 21.3 Å². The molecule has 0 spiro atoms. The average Bonchev–Trinajstić information content (AvgIpc) is 2.16. The highest BCUT2D eigenvalue weighted by Gasteiger charge is 2.43. The number of hydrogen-bond donors (Lipinski definition) is 0. The predicted molar refractivity (Wildman–Crippen MR) is 52.4 cm³/mol. The van der Waals surface area contributed by atoms with Gasteiger partial charge in [0.2, 0.25) is 0 Å². The highest BCUT2D eigenvalue weighted by molar-refractivity contribution is 4.91. The molecule has 0 aromatic rings. The van der Waals surface area contributed by atoms with Crippen LogP contribution in [0.4, 0.5) is 0 Å². The molecule has 0 bridgehead atoms. The standard InChI is InChI=1S/C10H20O4/c1-6-8(11-3)10(13-5)9(12-4)7(2)14-6/h6-10H,1-5H3/t6?,7?,8-,9?,10?/m0/s1. The Bertz CT molecular complexity index is 158. The highest BCUT2D eigenvalue weighted by Crippen LogP contribution is 2.26. The van der Waals surface area contributed by atoms with E-state index in [1.165, 1.54) is 0 Å². The molecule has 1 saturated heterocycles. The lowest BCUT2D eigenvalue weighted by molar-refractivity contribution is -0.233. The van der Waals surface area contributed by atoms with E-state index in [0.29, 0.717) is 0 Å². The van der Waals surface area contributed by atoms with Crippen LogP contribution in [-0.4, -0.2) is 51.8 Å². The summed E-state index contributed by atoms with van der Waals surface area (Å²) in [5.41, 5.74) is 0. The van der Waals surface area contributed by atoms with Gasteiger partial charge in [-0.25, -0.2) is 0 Å². The maximum Gasteiger partial charge on any atom is 0.114 e. The van der Waals surface area contributed by atoms with Crippen molar-refractivity contribution in [3.05, 3.63) is 0 Å². The summed E-state index contributed by atoms with van der Waals surface area (Å²) in [5, 5.41) is 0. The van der Waals surface area contributed by atoms with Crippen LogP contribution in [0.1, 0.15) is 13.8 Å². The van der Waals surface area contributed by atoms with Crippen LogP contribution in [0, 0.1) is 0 Å². The van der Waals surface area contributed by atoms with Crippen LogP contribution in [0.3, 0.4) is 0 Å². The Morgan fingerprint density at radius 2 is 1.07 bits per heavy atom. The molecule has 84 valence electrons. The summed E-state index contributed by atoms with van der Waals surface area (Å²) in [5.74, 6) is 0. The Kier molecular flexibility index (Phi) is 4.31. The summed E-state index contributed by atoms with van der Waals surface area (Å²) < 4.78 is 21.8. The van der Waals surface area contributed by atoms with Crippen molar-refractivity contribution in [2.24, 2.45) is 0 Å². The van der Waals surface area contributed by atoms with Crippen LogP contribution in [-0.2, 0) is 18.9 Å². The van der Waals surface area contributed by atoms with E-state index in [4.69, 9.17) is 18.9 Å². The van der Waals surface area contributed by atoms with Crippen molar-refractivity contribution in [2.45, 2.75) is 44.4 Å². The first-order valence-corrected chi connectivity index (χ1v) is 4.89. The third-order valence-electron chi connectivity index (χ3n) is 2.82. The number of rotatable bonds is 3. The molecule has 1 rings (SSSR count). The van der Waals surface area contributed by atoms with Crippen molar-refractivity contribution in [1.29, 1.82) is 0 Å². The van der Waals surface area contributed by atoms with E-state index in [9.17, 15) is 0 Å². The fourth-order valence-corrected chi connectivity index (χ4v) is 2.13. The van der Waals surface area contributed by atoms with E-state index in [1.54, 1.807) is 21.3 Å². The van der Waals surface area contributed by atoms with Crippen LogP contribution in [0.15, 0.2) is 0 Å².